The molecule has 4 heterocycles. The molecule has 0 aliphatic carbocycles. The van der Waals surface area contributed by atoms with Crippen LogP contribution in [0.1, 0.15) is 52.7 Å². The first kappa shape index (κ1) is 33.0. The topological polar surface area (TPSA) is 44.7 Å². The Hall–Kier alpha value is -3.89. The van der Waals surface area contributed by atoms with Crippen LogP contribution in [0.2, 0.25) is 0 Å². The number of pyridine rings is 2. The number of hydrogen-bond donors (Lipinski definition) is 0. The second-order valence-electron chi connectivity index (χ2n) is 13.5. The van der Waals surface area contributed by atoms with Crippen molar-refractivity contribution in [2.75, 3.05) is 14.7 Å². The van der Waals surface area contributed by atoms with Gasteiger partial charge in [0.2, 0.25) is 0 Å². The Labute approximate surface area is 298 Å². The molecule has 0 bridgehead atoms. The van der Waals surface area contributed by atoms with Crippen LogP contribution in [0, 0.1) is 18.8 Å². The van der Waals surface area contributed by atoms with Crippen molar-refractivity contribution in [1.82, 2.24) is 9.97 Å². The van der Waals surface area contributed by atoms with Crippen molar-refractivity contribution in [3.63, 3.8) is 0 Å². The van der Waals surface area contributed by atoms with E-state index >= 15 is 0 Å². The zero-order valence-corrected chi connectivity index (χ0v) is 31.2. The molecule has 5 aromatic rings. The normalized spacial score (nSPS) is 14.0. The summed E-state index contributed by atoms with van der Waals surface area (Å²) in [5.74, 6) is 2.94. The molecule has 0 spiro atoms. The number of rotatable bonds is 5. The SMILES string of the molecule is CC(C)(C)c1cccc(N2C=CN(c3[c-]c(Oc4[c-]c5c(cc4)[Se]c4cccnc4N5c4cc(C(C)(C)C)ccn4)ccc3)[CH-]2)c1.[Pt]. The van der Waals surface area contributed by atoms with Gasteiger partial charge in [-0.05, 0) is 23.1 Å². The zero-order chi connectivity index (χ0) is 32.1. The first-order chi connectivity index (χ1) is 22.0. The third-order valence-corrected chi connectivity index (χ3v) is 10.3. The molecular weight excluding hydrogens is 829 g/mol. The molecule has 242 valence electrons. The fourth-order valence-electron chi connectivity index (χ4n) is 5.39. The maximum Gasteiger partial charge on any atom is 0 e. The van der Waals surface area contributed by atoms with Crippen LogP contribution in [0.4, 0.5) is 28.7 Å². The molecule has 6 nitrogen and oxygen atoms in total. The minimum atomic E-state index is -0.0157. The van der Waals surface area contributed by atoms with Gasteiger partial charge in [0.05, 0.1) is 0 Å². The Kier molecular flexibility index (Phi) is 9.10. The molecule has 7 rings (SSSR count). The van der Waals surface area contributed by atoms with Gasteiger partial charge in [-0.25, -0.2) is 0 Å². The summed E-state index contributed by atoms with van der Waals surface area (Å²) in [7, 11) is 0. The van der Waals surface area contributed by atoms with E-state index in [-0.39, 0.29) is 46.9 Å². The largest absolute Gasteiger partial charge is 0.0372 e. The predicted octanol–water partition coefficient (Wildman–Crippen LogP) is 7.82. The monoisotopic (exact) mass is 865 g/mol. The van der Waals surface area contributed by atoms with Gasteiger partial charge in [0.25, 0.3) is 0 Å². The Morgan fingerprint density at radius 3 is 2.26 bits per heavy atom. The van der Waals surface area contributed by atoms with Gasteiger partial charge >= 0.3 is 223 Å². The third kappa shape index (κ3) is 6.90. The van der Waals surface area contributed by atoms with Crippen molar-refractivity contribution in [3.8, 4) is 11.5 Å². The van der Waals surface area contributed by atoms with E-state index in [0.29, 0.717) is 11.5 Å². The summed E-state index contributed by atoms with van der Waals surface area (Å²) < 4.78 is 8.82. The molecule has 2 aliphatic heterocycles. The summed E-state index contributed by atoms with van der Waals surface area (Å²) in [5.41, 5.74) is 5.49. The molecule has 8 heteroatoms. The van der Waals surface area contributed by atoms with Crippen molar-refractivity contribution in [3.05, 3.63) is 134 Å². The van der Waals surface area contributed by atoms with Crippen molar-refractivity contribution in [1.29, 1.82) is 0 Å². The van der Waals surface area contributed by atoms with E-state index in [1.165, 1.54) is 20.1 Å². The predicted molar refractivity (Wildman–Crippen MR) is 188 cm³/mol. The van der Waals surface area contributed by atoms with Gasteiger partial charge in [-0.3, -0.25) is 0 Å². The molecule has 0 radical (unpaired) electrons. The van der Waals surface area contributed by atoms with E-state index < -0.39 is 0 Å². The van der Waals surface area contributed by atoms with Crippen LogP contribution in [-0.2, 0) is 31.9 Å². The molecule has 47 heavy (non-hydrogen) atoms. The molecule has 0 saturated carbocycles. The molecule has 0 atom stereocenters. The third-order valence-electron chi connectivity index (χ3n) is 8.01. The Balaban J connectivity index is 0.00000386. The number of hydrogen-bond acceptors (Lipinski definition) is 6. The van der Waals surface area contributed by atoms with Gasteiger partial charge in [-0.1, -0.05) is 32.9 Å². The zero-order valence-electron chi connectivity index (χ0n) is 27.3. The molecule has 0 fully saturated rings. The number of nitrogens with zero attached hydrogens (tertiary/aromatic N) is 5. The molecule has 0 unspecified atom stereocenters. The van der Waals surface area contributed by atoms with Gasteiger partial charge in [-0.2, -0.15) is 0 Å². The second-order valence-corrected chi connectivity index (χ2v) is 15.8. The van der Waals surface area contributed by atoms with E-state index in [0.717, 1.165) is 28.7 Å². The van der Waals surface area contributed by atoms with Crippen LogP contribution in [0.25, 0.3) is 0 Å². The Morgan fingerprint density at radius 1 is 0.702 bits per heavy atom. The van der Waals surface area contributed by atoms with Crippen LogP contribution in [0.5, 0.6) is 11.5 Å². The fourth-order valence-corrected chi connectivity index (χ4v) is 7.48. The van der Waals surface area contributed by atoms with E-state index in [9.17, 15) is 0 Å². The first-order valence-corrected chi connectivity index (χ1v) is 17.1. The fraction of sp³-hybridized carbons (Fsp3) is 0.205. The van der Waals surface area contributed by atoms with Crippen LogP contribution < -0.4 is 28.4 Å². The van der Waals surface area contributed by atoms with Crippen molar-refractivity contribution in [2.24, 2.45) is 0 Å². The van der Waals surface area contributed by atoms with E-state index in [4.69, 9.17) is 14.7 Å². The molecule has 0 amide bonds. The van der Waals surface area contributed by atoms with Crippen molar-refractivity contribution >= 4 is 52.6 Å². The molecule has 2 aliphatic rings. The Morgan fingerprint density at radius 2 is 1.45 bits per heavy atom. The quantitative estimate of drug-likeness (QED) is 0.130. The number of ether oxygens (including phenoxy) is 1. The van der Waals surface area contributed by atoms with Crippen LogP contribution >= 0.6 is 0 Å². The van der Waals surface area contributed by atoms with Crippen LogP contribution in [0.3, 0.4) is 0 Å². The van der Waals surface area contributed by atoms with E-state index in [2.05, 4.69) is 125 Å². The smallest absolute Gasteiger partial charge is 0 e. The maximum atomic E-state index is 6.41. The first-order valence-electron chi connectivity index (χ1n) is 15.4. The standard InChI is InChI=1S/C39H36N5OSe.Pt/c1-38(2,3)27-10-7-11-29(22-27)42-20-21-43(26-42)30-12-8-13-31(24-30)45-32-15-16-34-33(25-32)44(37-35(46-34)14-9-18-41-37)36-23-28(17-19-40-36)39(4,5)6;/h7-23,26H,1-6H3;/q-3;. The molecule has 2 aromatic heterocycles. The molecule has 0 saturated heterocycles. The minimum Gasteiger partial charge on any atom is -0.0372 e. The van der Waals surface area contributed by atoms with Gasteiger partial charge in [0.15, 0.2) is 0 Å². The minimum absolute atomic E-state index is 0. The summed E-state index contributed by atoms with van der Waals surface area (Å²) in [6, 6.07) is 34.2. The molecule has 3 aromatic carbocycles. The summed E-state index contributed by atoms with van der Waals surface area (Å²) in [5, 5.41) is 0. The number of aromatic nitrogens is 2. The van der Waals surface area contributed by atoms with E-state index in [1.807, 2.05) is 53.8 Å². The molecular formula is C39H36N5OPtSe-3. The van der Waals surface area contributed by atoms with Crippen molar-refractivity contribution < 1.29 is 25.8 Å². The van der Waals surface area contributed by atoms with Gasteiger partial charge in [-0.15, -0.1) is 0 Å². The number of fused-ring (bicyclic) bond motifs is 2. The van der Waals surface area contributed by atoms with Gasteiger partial charge in [0.1, 0.15) is 0 Å². The maximum absolute atomic E-state index is 6.41. The summed E-state index contributed by atoms with van der Waals surface area (Å²) in [6.45, 7) is 15.4. The van der Waals surface area contributed by atoms with Gasteiger partial charge < -0.3 is 0 Å². The van der Waals surface area contributed by atoms with Crippen molar-refractivity contribution in [2.45, 2.75) is 52.4 Å². The average Bonchev–Trinajstić information content (AvgIpc) is 3.54. The Bertz CT molecular complexity index is 1950. The van der Waals surface area contributed by atoms with Crippen LogP contribution in [0.15, 0.2) is 104 Å². The van der Waals surface area contributed by atoms with E-state index in [1.54, 1.807) is 0 Å². The summed E-state index contributed by atoms with van der Waals surface area (Å²) >= 11 is 0.0777. The number of anilines is 5. The van der Waals surface area contributed by atoms with Gasteiger partial charge in [0, 0.05) is 21.1 Å². The number of benzene rings is 3. The summed E-state index contributed by atoms with van der Waals surface area (Å²) in [4.78, 5) is 15.9. The average molecular weight is 865 g/mol. The second kappa shape index (κ2) is 13.0. The summed E-state index contributed by atoms with van der Waals surface area (Å²) in [6.07, 6.45) is 7.82. The van der Waals surface area contributed by atoms with Crippen LogP contribution in [-0.4, -0.2) is 24.9 Å². The molecule has 0 N–H and O–H groups in total.